The number of hydrogen-bond donors (Lipinski definition) is 1. The Balaban J connectivity index is 2.20. The van der Waals surface area contributed by atoms with Crippen molar-refractivity contribution in [2.24, 2.45) is 0 Å². The van der Waals surface area contributed by atoms with E-state index in [-0.39, 0.29) is 15.7 Å². The molecule has 0 atom stereocenters. The van der Waals surface area contributed by atoms with E-state index in [0.29, 0.717) is 11.3 Å². The number of nitrogens with zero attached hydrogens (tertiary/aromatic N) is 2. The third-order valence-corrected chi connectivity index (χ3v) is 3.12. The van der Waals surface area contributed by atoms with Crippen LogP contribution in [0.15, 0.2) is 24.4 Å². The first-order chi connectivity index (χ1) is 8.97. The summed E-state index contributed by atoms with van der Waals surface area (Å²) >= 11 is 0.709. The number of anilines is 1. The van der Waals surface area contributed by atoms with Crippen molar-refractivity contribution in [2.45, 2.75) is 6.92 Å². The van der Waals surface area contributed by atoms with Crippen LogP contribution in [-0.4, -0.2) is 15.8 Å². The summed E-state index contributed by atoms with van der Waals surface area (Å²) in [5, 5.41) is 12.7. The molecular weight excluding hydrogens is 273 g/mol. The van der Waals surface area contributed by atoms with Crippen LogP contribution in [0.3, 0.4) is 0 Å². The van der Waals surface area contributed by atoms with E-state index in [0.717, 1.165) is 11.8 Å². The molecule has 6 nitrogen and oxygen atoms in total. The number of thiazole rings is 1. The Morgan fingerprint density at radius 1 is 1.53 bits per heavy atom. The molecule has 0 bridgehead atoms. The second-order valence-corrected chi connectivity index (χ2v) is 4.71. The van der Waals surface area contributed by atoms with E-state index >= 15 is 0 Å². The van der Waals surface area contributed by atoms with Crippen molar-refractivity contribution < 1.29 is 14.1 Å². The average Bonchev–Trinajstić information content (AvgIpc) is 2.80. The van der Waals surface area contributed by atoms with Crippen LogP contribution in [0.25, 0.3) is 0 Å². The van der Waals surface area contributed by atoms with Crippen molar-refractivity contribution in [2.75, 3.05) is 5.32 Å². The molecule has 8 heteroatoms. The quantitative estimate of drug-likeness (QED) is 0.692. The molecule has 1 N–H and O–H groups in total. The molecule has 1 amide bonds. The highest BCUT2D eigenvalue weighted by atomic mass is 32.1. The third kappa shape index (κ3) is 2.91. The SMILES string of the molecule is Cc1ccc(F)c(C(=O)Nc2ncc([N+](=O)[O-])s2)c1. The van der Waals surface area contributed by atoms with Crippen molar-refractivity contribution in [3.8, 4) is 0 Å². The van der Waals surface area contributed by atoms with E-state index in [4.69, 9.17) is 0 Å². The molecular formula is C11H8FN3O3S. The summed E-state index contributed by atoms with van der Waals surface area (Å²) in [6.07, 6.45) is 1.03. The highest BCUT2D eigenvalue weighted by Crippen LogP contribution is 2.25. The molecule has 0 aliphatic carbocycles. The highest BCUT2D eigenvalue weighted by Gasteiger charge is 2.16. The molecule has 2 aromatic rings. The van der Waals surface area contributed by atoms with E-state index in [1.54, 1.807) is 13.0 Å². The van der Waals surface area contributed by atoms with Crippen molar-refractivity contribution >= 4 is 27.4 Å². The first kappa shape index (κ1) is 13.1. The fourth-order valence-electron chi connectivity index (χ4n) is 1.39. The number of carbonyl (C=O) groups excluding carboxylic acids is 1. The van der Waals surface area contributed by atoms with Gasteiger partial charge in [0.1, 0.15) is 12.0 Å². The monoisotopic (exact) mass is 281 g/mol. The third-order valence-electron chi connectivity index (χ3n) is 2.26. The first-order valence-electron chi connectivity index (χ1n) is 5.15. The molecule has 1 aromatic carbocycles. The van der Waals surface area contributed by atoms with Gasteiger partial charge in [-0.25, -0.2) is 9.37 Å². The molecule has 0 saturated carbocycles. The predicted octanol–water partition coefficient (Wildman–Crippen LogP) is 2.75. The number of nitrogens with one attached hydrogen (secondary N) is 1. The summed E-state index contributed by atoms with van der Waals surface area (Å²) in [6, 6.07) is 4.13. The second kappa shape index (κ2) is 5.11. The largest absolute Gasteiger partial charge is 0.345 e. The van der Waals surface area contributed by atoms with Crippen LogP contribution in [-0.2, 0) is 0 Å². The lowest BCUT2D eigenvalue weighted by atomic mass is 10.1. The molecule has 0 spiro atoms. The Hall–Kier alpha value is -2.35. The number of rotatable bonds is 3. The lowest BCUT2D eigenvalue weighted by Crippen LogP contribution is -2.13. The van der Waals surface area contributed by atoms with E-state index < -0.39 is 16.6 Å². The van der Waals surface area contributed by atoms with Gasteiger partial charge >= 0.3 is 5.00 Å². The van der Waals surface area contributed by atoms with Crippen molar-refractivity contribution in [3.05, 3.63) is 51.5 Å². The summed E-state index contributed by atoms with van der Waals surface area (Å²) in [6.45, 7) is 1.73. The lowest BCUT2D eigenvalue weighted by molar-refractivity contribution is -0.380. The minimum Gasteiger partial charge on any atom is -0.298 e. The van der Waals surface area contributed by atoms with E-state index in [1.807, 2.05) is 0 Å². The fourth-order valence-corrected chi connectivity index (χ4v) is 2.01. The number of aryl methyl sites for hydroxylation is 1. The molecule has 0 radical (unpaired) electrons. The maximum Gasteiger partial charge on any atom is 0.345 e. The minimum absolute atomic E-state index is 0.0533. The first-order valence-corrected chi connectivity index (χ1v) is 5.97. The maximum absolute atomic E-state index is 13.5. The Kier molecular flexibility index (Phi) is 3.52. The Labute approximate surface area is 111 Å². The van der Waals surface area contributed by atoms with Gasteiger partial charge in [-0.05, 0) is 30.4 Å². The number of benzene rings is 1. The van der Waals surface area contributed by atoms with E-state index in [9.17, 15) is 19.3 Å². The molecule has 0 fully saturated rings. The van der Waals surface area contributed by atoms with Crippen LogP contribution in [0.1, 0.15) is 15.9 Å². The molecule has 1 aromatic heterocycles. The minimum atomic E-state index is -0.689. The van der Waals surface area contributed by atoms with Gasteiger partial charge in [-0.3, -0.25) is 20.2 Å². The normalized spacial score (nSPS) is 10.2. The van der Waals surface area contributed by atoms with Gasteiger partial charge in [-0.2, -0.15) is 0 Å². The zero-order chi connectivity index (χ0) is 14.0. The van der Waals surface area contributed by atoms with E-state index in [2.05, 4.69) is 10.3 Å². The summed E-state index contributed by atoms with van der Waals surface area (Å²) in [4.78, 5) is 25.4. The van der Waals surface area contributed by atoms with Gasteiger partial charge in [0.05, 0.1) is 10.5 Å². The van der Waals surface area contributed by atoms with Crippen LogP contribution in [0, 0.1) is 22.9 Å². The van der Waals surface area contributed by atoms with Crippen molar-refractivity contribution in [3.63, 3.8) is 0 Å². The molecule has 0 saturated heterocycles. The van der Waals surface area contributed by atoms with Gasteiger partial charge < -0.3 is 0 Å². The zero-order valence-corrected chi connectivity index (χ0v) is 10.5. The molecule has 0 aliphatic heterocycles. The number of amides is 1. The van der Waals surface area contributed by atoms with Gasteiger partial charge in [-0.1, -0.05) is 11.6 Å². The topological polar surface area (TPSA) is 85.1 Å². The molecule has 0 unspecified atom stereocenters. The van der Waals surface area contributed by atoms with Crippen LogP contribution in [0.5, 0.6) is 0 Å². The Bertz CT molecular complexity index is 656. The number of halogens is 1. The van der Waals surface area contributed by atoms with Crippen LogP contribution in [0.2, 0.25) is 0 Å². The van der Waals surface area contributed by atoms with Crippen molar-refractivity contribution in [1.29, 1.82) is 0 Å². The van der Waals surface area contributed by atoms with Crippen LogP contribution >= 0.6 is 11.3 Å². The van der Waals surface area contributed by atoms with Crippen molar-refractivity contribution in [1.82, 2.24) is 4.98 Å². The maximum atomic E-state index is 13.5. The van der Waals surface area contributed by atoms with E-state index in [1.165, 1.54) is 12.1 Å². The smallest absolute Gasteiger partial charge is 0.298 e. The number of aromatic nitrogens is 1. The Morgan fingerprint density at radius 3 is 2.89 bits per heavy atom. The molecule has 0 aliphatic rings. The standard InChI is InChI=1S/C11H8FN3O3S/c1-6-2-3-8(12)7(4-6)10(16)14-11-13-5-9(19-11)15(17)18/h2-5H,1H3,(H,13,14,16). The van der Waals surface area contributed by atoms with Gasteiger partial charge in [-0.15, -0.1) is 0 Å². The molecule has 98 valence electrons. The summed E-state index contributed by atoms with van der Waals surface area (Å²) in [5.74, 6) is -1.35. The zero-order valence-electron chi connectivity index (χ0n) is 9.71. The number of hydrogen-bond acceptors (Lipinski definition) is 5. The number of carbonyl (C=O) groups is 1. The Morgan fingerprint density at radius 2 is 2.26 bits per heavy atom. The second-order valence-electron chi connectivity index (χ2n) is 3.70. The average molecular weight is 281 g/mol. The molecule has 2 rings (SSSR count). The van der Waals surface area contributed by atoms with Crippen LogP contribution in [0.4, 0.5) is 14.5 Å². The molecule has 19 heavy (non-hydrogen) atoms. The van der Waals surface area contributed by atoms with Gasteiger partial charge in [0.25, 0.3) is 5.91 Å². The fraction of sp³-hybridized carbons (Fsp3) is 0.0909. The number of nitro groups is 1. The van der Waals surface area contributed by atoms with Gasteiger partial charge in [0.2, 0.25) is 0 Å². The highest BCUT2D eigenvalue weighted by molar-refractivity contribution is 7.18. The summed E-state index contributed by atoms with van der Waals surface area (Å²) in [5.41, 5.74) is 0.606. The summed E-state index contributed by atoms with van der Waals surface area (Å²) < 4.78 is 13.5. The predicted molar refractivity (Wildman–Crippen MR) is 67.9 cm³/mol. The van der Waals surface area contributed by atoms with Gasteiger partial charge in [0, 0.05) is 0 Å². The molecule has 1 heterocycles. The van der Waals surface area contributed by atoms with Crippen LogP contribution < -0.4 is 5.32 Å². The van der Waals surface area contributed by atoms with Gasteiger partial charge in [0.15, 0.2) is 5.13 Å². The lowest BCUT2D eigenvalue weighted by Gasteiger charge is -2.03. The summed E-state index contributed by atoms with van der Waals surface area (Å²) in [7, 11) is 0.